The van der Waals surface area contributed by atoms with Crippen LogP contribution < -0.4 is 15.8 Å². The molecule has 0 aliphatic heterocycles. The number of benzene rings is 1. The molecule has 0 aliphatic rings. The Morgan fingerprint density at radius 2 is 2.10 bits per heavy atom. The van der Waals surface area contributed by atoms with Crippen LogP contribution >= 0.6 is 0 Å². The van der Waals surface area contributed by atoms with Crippen LogP contribution in [0, 0.1) is 16.7 Å². The van der Waals surface area contributed by atoms with Crippen molar-refractivity contribution in [3.8, 4) is 11.8 Å². The van der Waals surface area contributed by atoms with Gasteiger partial charge in [-0.05, 0) is 25.0 Å². The zero-order valence-corrected chi connectivity index (χ0v) is 12.2. The lowest BCUT2D eigenvalue weighted by Gasteiger charge is -2.28. The van der Waals surface area contributed by atoms with Crippen LogP contribution in [0.3, 0.4) is 0 Å². The Kier molecular flexibility index (Phi) is 5.53. The second kappa shape index (κ2) is 6.92. The molecule has 0 radical (unpaired) electrons. The fraction of sp³-hybridized carbons (Fsp3) is 0.467. The Morgan fingerprint density at radius 1 is 1.45 bits per heavy atom. The smallest absolute Gasteiger partial charge is 0.231 e. The average Bonchev–Trinajstić information content (AvgIpc) is 2.50. The maximum Gasteiger partial charge on any atom is 0.231 e. The van der Waals surface area contributed by atoms with Gasteiger partial charge in [0.25, 0.3) is 0 Å². The number of carbonyl (C=O) groups is 1. The number of nitrogens with zero attached hydrogens (tertiary/aromatic N) is 1. The summed E-state index contributed by atoms with van der Waals surface area (Å²) in [4.78, 5) is 12.4. The van der Waals surface area contributed by atoms with Crippen molar-refractivity contribution in [2.24, 2.45) is 11.1 Å². The Morgan fingerprint density at radius 3 is 2.55 bits per heavy atom. The third kappa shape index (κ3) is 3.09. The standard InChI is InChI=1S/C15H21N3O2/c1-4-15(5-2,10-17)14(19)18-12-7-6-11(9-16)8-13(12)20-3/h6-8H,4-5,10,17H2,1-3H3,(H,18,19). The third-order valence-corrected chi connectivity index (χ3v) is 3.80. The molecule has 0 saturated carbocycles. The number of carbonyl (C=O) groups excluding carboxylic acids is 1. The Bertz CT molecular complexity index is 508. The van der Waals surface area contributed by atoms with E-state index < -0.39 is 5.41 Å². The molecule has 0 bridgehead atoms. The van der Waals surface area contributed by atoms with Crippen molar-refractivity contribution in [2.75, 3.05) is 19.0 Å². The normalized spacial score (nSPS) is 10.8. The highest BCUT2D eigenvalue weighted by Crippen LogP contribution is 2.30. The van der Waals surface area contributed by atoms with Gasteiger partial charge in [0.2, 0.25) is 5.91 Å². The number of hydrogen-bond donors (Lipinski definition) is 2. The van der Waals surface area contributed by atoms with E-state index >= 15 is 0 Å². The van der Waals surface area contributed by atoms with Gasteiger partial charge in [0.15, 0.2) is 0 Å². The minimum Gasteiger partial charge on any atom is -0.495 e. The van der Waals surface area contributed by atoms with Gasteiger partial charge in [0.1, 0.15) is 5.75 Å². The summed E-state index contributed by atoms with van der Waals surface area (Å²) < 4.78 is 5.21. The van der Waals surface area contributed by atoms with Crippen molar-refractivity contribution in [2.45, 2.75) is 26.7 Å². The molecule has 1 aromatic rings. The van der Waals surface area contributed by atoms with Gasteiger partial charge in [-0.2, -0.15) is 5.26 Å². The first-order chi connectivity index (χ1) is 9.56. The predicted molar refractivity (Wildman–Crippen MR) is 78.4 cm³/mol. The molecule has 3 N–H and O–H groups in total. The quantitative estimate of drug-likeness (QED) is 0.833. The fourth-order valence-electron chi connectivity index (χ4n) is 2.07. The molecule has 0 aliphatic carbocycles. The van der Waals surface area contributed by atoms with Crippen molar-refractivity contribution in [3.63, 3.8) is 0 Å². The van der Waals surface area contributed by atoms with Gasteiger partial charge in [-0.25, -0.2) is 0 Å². The minimum absolute atomic E-state index is 0.118. The van der Waals surface area contributed by atoms with Gasteiger partial charge in [0, 0.05) is 12.6 Å². The SMILES string of the molecule is CCC(CC)(CN)C(=O)Nc1ccc(C#N)cc1OC. The lowest BCUT2D eigenvalue weighted by Crippen LogP contribution is -2.41. The van der Waals surface area contributed by atoms with E-state index in [1.54, 1.807) is 18.2 Å². The lowest BCUT2D eigenvalue weighted by molar-refractivity contribution is -0.125. The van der Waals surface area contributed by atoms with Crippen molar-refractivity contribution in [3.05, 3.63) is 23.8 Å². The van der Waals surface area contributed by atoms with Crippen LogP contribution in [0.2, 0.25) is 0 Å². The molecule has 0 spiro atoms. The summed E-state index contributed by atoms with van der Waals surface area (Å²) in [6.45, 7) is 4.20. The highest BCUT2D eigenvalue weighted by molar-refractivity contribution is 5.96. The molecule has 108 valence electrons. The first-order valence-corrected chi connectivity index (χ1v) is 6.66. The van der Waals surface area contributed by atoms with E-state index in [0.717, 1.165) is 0 Å². The van der Waals surface area contributed by atoms with Crippen molar-refractivity contribution in [1.82, 2.24) is 0 Å². The number of anilines is 1. The molecule has 0 saturated heterocycles. The largest absolute Gasteiger partial charge is 0.495 e. The summed E-state index contributed by atoms with van der Waals surface area (Å²) >= 11 is 0. The molecule has 0 aromatic heterocycles. The number of methoxy groups -OCH3 is 1. The molecule has 5 heteroatoms. The summed E-state index contributed by atoms with van der Waals surface area (Å²) in [5.41, 5.74) is 6.23. The van der Waals surface area contributed by atoms with Crippen LogP contribution in [-0.2, 0) is 4.79 Å². The number of hydrogen-bond acceptors (Lipinski definition) is 4. The molecule has 1 amide bonds. The van der Waals surface area contributed by atoms with Crippen molar-refractivity contribution in [1.29, 1.82) is 5.26 Å². The molecule has 5 nitrogen and oxygen atoms in total. The summed E-state index contributed by atoms with van der Waals surface area (Å²) in [5, 5.41) is 11.7. The third-order valence-electron chi connectivity index (χ3n) is 3.80. The highest BCUT2D eigenvalue weighted by atomic mass is 16.5. The van der Waals surface area contributed by atoms with Crippen LogP contribution in [0.4, 0.5) is 5.69 Å². The van der Waals surface area contributed by atoms with E-state index in [1.807, 2.05) is 19.9 Å². The molecule has 20 heavy (non-hydrogen) atoms. The van der Waals surface area contributed by atoms with E-state index in [4.69, 9.17) is 15.7 Å². The maximum absolute atomic E-state index is 12.4. The van der Waals surface area contributed by atoms with Gasteiger partial charge in [-0.3, -0.25) is 4.79 Å². The maximum atomic E-state index is 12.4. The molecule has 1 aromatic carbocycles. The monoisotopic (exact) mass is 275 g/mol. The van der Waals surface area contributed by atoms with Gasteiger partial charge in [-0.15, -0.1) is 0 Å². The van der Waals surface area contributed by atoms with Crippen LogP contribution in [0.1, 0.15) is 32.3 Å². The van der Waals surface area contributed by atoms with Crippen LogP contribution in [0.15, 0.2) is 18.2 Å². The number of rotatable bonds is 6. The number of nitrogens with one attached hydrogen (secondary N) is 1. The van der Waals surface area contributed by atoms with Crippen molar-refractivity contribution < 1.29 is 9.53 Å². The van der Waals surface area contributed by atoms with Gasteiger partial charge in [-0.1, -0.05) is 13.8 Å². The van der Waals surface area contributed by atoms with E-state index in [9.17, 15) is 4.79 Å². The topological polar surface area (TPSA) is 88.1 Å². The van der Waals surface area contributed by atoms with E-state index in [0.29, 0.717) is 36.4 Å². The zero-order valence-electron chi connectivity index (χ0n) is 12.2. The van der Waals surface area contributed by atoms with Gasteiger partial charge < -0.3 is 15.8 Å². The van der Waals surface area contributed by atoms with Crippen molar-refractivity contribution >= 4 is 11.6 Å². The summed E-state index contributed by atoms with van der Waals surface area (Å²) in [5.74, 6) is 0.350. The molecule has 0 heterocycles. The van der Waals surface area contributed by atoms with Crippen LogP contribution in [-0.4, -0.2) is 19.6 Å². The van der Waals surface area contributed by atoms with E-state index in [1.165, 1.54) is 7.11 Å². The first-order valence-electron chi connectivity index (χ1n) is 6.66. The Hall–Kier alpha value is -2.06. The number of nitrogens with two attached hydrogens (primary N) is 1. The summed E-state index contributed by atoms with van der Waals surface area (Å²) in [6, 6.07) is 6.94. The van der Waals surface area contributed by atoms with Crippen LogP contribution in [0.25, 0.3) is 0 Å². The molecule has 0 unspecified atom stereocenters. The second-order valence-electron chi connectivity index (χ2n) is 4.67. The Labute approximate surface area is 119 Å². The molecule has 0 atom stereocenters. The number of nitriles is 1. The number of amides is 1. The molecule has 1 rings (SSSR count). The number of ether oxygens (including phenoxy) is 1. The molecular weight excluding hydrogens is 254 g/mol. The predicted octanol–water partition coefficient (Wildman–Crippen LogP) is 2.27. The van der Waals surface area contributed by atoms with Gasteiger partial charge in [0.05, 0.1) is 29.8 Å². The van der Waals surface area contributed by atoms with Crippen LogP contribution in [0.5, 0.6) is 5.75 Å². The molecular formula is C15H21N3O2. The fourth-order valence-corrected chi connectivity index (χ4v) is 2.07. The van der Waals surface area contributed by atoms with E-state index in [2.05, 4.69) is 5.32 Å². The van der Waals surface area contributed by atoms with E-state index in [-0.39, 0.29) is 5.91 Å². The Balaban J connectivity index is 3.04. The summed E-state index contributed by atoms with van der Waals surface area (Å²) in [6.07, 6.45) is 1.34. The first kappa shape index (κ1) is 16.0. The second-order valence-corrected chi connectivity index (χ2v) is 4.67. The minimum atomic E-state index is -0.571. The van der Waals surface area contributed by atoms with Gasteiger partial charge >= 0.3 is 0 Å². The zero-order chi connectivity index (χ0) is 15.2. The highest BCUT2D eigenvalue weighted by Gasteiger charge is 2.33. The summed E-state index contributed by atoms with van der Waals surface area (Å²) in [7, 11) is 1.50. The average molecular weight is 275 g/mol. The molecule has 0 fully saturated rings. The lowest BCUT2D eigenvalue weighted by atomic mass is 9.81.